The first kappa shape index (κ1) is 24.0. The van der Waals surface area contributed by atoms with Crippen molar-refractivity contribution >= 4 is 17.7 Å². The van der Waals surface area contributed by atoms with Crippen molar-refractivity contribution in [1.82, 2.24) is 15.1 Å². The van der Waals surface area contributed by atoms with E-state index in [-0.39, 0.29) is 24.3 Å². The second-order valence-electron chi connectivity index (χ2n) is 9.61. The lowest BCUT2D eigenvalue weighted by Crippen LogP contribution is -2.60. The summed E-state index contributed by atoms with van der Waals surface area (Å²) in [7, 11) is 0. The predicted molar refractivity (Wildman–Crippen MR) is 129 cm³/mol. The topological polar surface area (TPSA) is 79.0 Å². The molecule has 4 rings (SSSR count). The number of rotatable bonds is 5. The van der Waals surface area contributed by atoms with E-state index in [2.05, 4.69) is 5.32 Å². The van der Waals surface area contributed by atoms with Gasteiger partial charge >= 0.3 is 0 Å². The zero-order valence-corrected chi connectivity index (χ0v) is 20.1. The average Bonchev–Trinajstić information content (AvgIpc) is 3.21. The molecule has 0 bridgehead atoms. The van der Waals surface area contributed by atoms with Crippen LogP contribution < -0.4 is 5.32 Å². The molecule has 2 aromatic carbocycles. The van der Waals surface area contributed by atoms with Crippen LogP contribution in [-0.2, 0) is 9.53 Å². The molecule has 1 atom stereocenters. The number of aryl methyl sites for hydroxylation is 1. The van der Waals surface area contributed by atoms with Gasteiger partial charge in [0, 0.05) is 43.6 Å². The van der Waals surface area contributed by atoms with Crippen LogP contribution in [0.15, 0.2) is 54.6 Å². The van der Waals surface area contributed by atoms with Crippen molar-refractivity contribution in [1.29, 1.82) is 0 Å². The molecular weight excluding hydrogens is 430 g/mol. The van der Waals surface area contributed by atoms with Gasteiger partial charge in [0.2, 0.25) is 5.91 Å². The number of nitrogens with one attached hydrogen (secondary N) is 1. The number of ether oxygens (including phenoxy) is 1. The van der Waals surface area contributed by atoms with Gasteiger partial charge in [-0.2, -0.15) is 0 Å². The van der Waals surface area contributed by atoms with Gasteiger partial charge in [-0.05, 0) is 37.1 Å². The summed E-state index contributed by atoms with van der Waals surface area (Å²) in [6.45, 7) is 7.63. The van der Waals surface area contributed by atoms with Crippen molar-refractivity contribution in [3.8, 4) is 0 Å². The van der Waals surface area contributed by atoms with Crippen molar-refractivity contribution in [3.05, 3.63) is 71.3 Å². The molecule has 2 heterocycles. The minimum atomic E-state index is -0.906. The number of piperidine rings is 1. The van der Waals surface area contributed by atoms with Crippen LogP contribution in [0.1, 0.15) is 53.0 Å². The van der Waals surface area contributed by atoms with Gasteiger partial charge < -0.3 is 15.0 Å². The molecule has 3 amide bonds. The van der Waals surface area contributed by atoms with E-state index in [1.807, 2.05) is 63.2 Å². The van der Waals surface area contributed by atoms with Gasteiger partial charge in [-0.1, -0.05) is 49.7 Å². The Hall–Kier alpha value is -3.19. The van der Waals surface area contributed by atoms with Crippen LogP contribution in [0.2, 0.25) is 0 Å². The number of carbonyl (C=O) groups excluding carboxylic acids is 3. The summed E-state index contributed by atoms with van der Waals surface area (Å²) in [6.07, 6.45) is 0.911. The molecule has 7 heteroatoms. The smallest absolute Gasteiger partial charge is 0.256 e. The average molecular weight is 464 g/mol. The third-order valence-electron chi connectivity index (χ3n) is 6.62. The number of likely N-dealkylation sites (tertiary alicyclic amines) is 1. The zero-order chi connectivity index (χ0) is 24.3. The maximum Gasteiger partial charge on any atom is 0.256 e. The molecule has 1 unspecified atom stereocenters. The molecule has 1 N–H and O–H groups in total. The minimum Gasteiger partial charge on any atom is -0.354 e. The van der Waals surface area contributed by atoms with E-state index in [9.17, 15) is 14.4 Å². The van der Waals surface area contributed by atoms with Gasteiger partial charge in [0.05, 0.1) is 6.61 Å². The van der Waals surface area contributed by atoms with E-state index in [1.165, 1.54) is 0 Å². The summed E-state index contributed by atoms with van der Waals surface area (Å²) < 4.78 is 6.23. The van der Waals surface area contributed by atoms with Crippen molar-refractivity contribution in [2.75, 3.05) is 26.2 Å². The van der Waals surface area contributed by atoms with E-state index in [1.54, 1.807) is 21.9 Å². The quantitative estimate of drug-likeness (QED) is 0.738. The third kappa shape index (κ3) is 4.85. The molecule has 2 aromatic rings. The first-order valence-electron chi connectivity index (χ1n) is 12.0. The molecule has 2 fully saturated rings. The second-order valence-corrected chi connectivity index (χ2v) is 9.61. The molecule has 34 heavy (non-hydrogen) atoms. The van der Waals surface area contributed by atoms with E-state index < -0.39 is 11.8 Å². The molecule has 2 aliphatic heterocycles. The molecule has 1 spiro atoms. The lowest BCUT2D eigenvalue weighted by molar-refractivity contribution is -0.128. The molecule has 7 nitrogen and oxygen atoms in total. The van der Waals surface area contributed by atoms with Gasteiger partial charge in [-0.3, -0.25) is 19.3 Å². The number of benzene rings is 2. The lowest BCUT2D eigenvalue weighted by Gasteiger charge is -2.44. The Labute approximate surface area is 201 Å². The van der Waals surface area contributed by atoms with Crippen LogP contribution in [0.4, 0.5) is 0 Å². The fraction of sp³-hybridized carbons (Fsp3) is 0.444. The van der Waals surface area contributed by atoms with Crippen LogP contribution in [0.3, 0.4) is 0 Å². The van der Waals surface area contributed by atoms with Crippen LogP contribution in [0.25, 0.3) is 0 Å². The van der Waals surface area contributed by atoms with Crippen LogP contribution in [0.5, 0.6) is 0 Å². The molecule has 0 radical (unpaired) electrons. The Morgan fingerprint density at radius 2 is 1.59 bits per heavy atom. The fourth-order valence-electron chi connectivity index (χ4n) is 4.65. The Morgan fingerprint density at radius 1 is 0.971 bits per heavy atom. The number of amides is 3. The molecule has 2 aliphatic rings. The molecule has 0 aromatic heterocycles. The van der Waals surface area contributed by atoms with Gasteiger partial charge in [0.25, 0.3) is 11.8 Å². The highest BCUT2D eigenvalue weighted by Crippen LogP contribution is 2.38. The van der Waals surface area contributed by atoms with E-state index in [4.69, 9.17) is 4.74 Å². The Balaban J connectivity index is 1.54. The predicted octanol–water partition coefficient (Wildman–Crippen LogP) is 3.24. The number of hydrogen-bond acceptors (Lipinski definition) is 4. The van der Waals surface area contributed by atoms with E-state index in [0.717, 1.165) is 5.56 Å². The first-order chi connectivity index (χ1) is 16.3. The monoisotopic (exact) mass is 463 g/mol. The second kappa shape index (κ2) is 9.97. The maximum atomic E-state index is 13.6. The Bertz CT molecular complexity index is 1030. The first-order valence-corrected chi connectivity index (χ1v) is 12.0. The highest BCUT2D eigenvalue weighted by Gasteiger charge is 2.54. The van der Waals surface area contributed by atoms with Crippen molar-refractivity contribution < 1.29 is 19.1 Å². The fourth-order valence-corrected chi connectivity index (χ4v) is 4.65. The molecule has 2 saturated heterocycles. The normalized spacial score (nSPS) is 19.5. The number of carbonyl (C=O) groups is 3. The summed E-state index contributed by atoms with van der Waals surface area (Å²) in [5.74, 6) is -0.149. The standard InChI is InChI=1S/C27H33N3O4/c1-19(2)17-28-24(31)23-18-34-27(30(23)26(33)21-7-5-4-6-8-21)13-15-29(16-14-27)25(32)22-11-9-20(3)10-12-22/h4-12,19,23H,13-18H2,1-3H3,(H,28,31). The van der Waals surface area contributed by atoms with E-state index in [0.29, 0.717) is 49.5 Å². The molecule has 0 aliphatic carbocycles. The summed E-state index contributed by atoms with van der Waals surface area (Å²) in [4.78, 5) is 43.1. The minimum absolute atomic E-state index is 0.0278. The third-order valence-corrected chi connectivity index (χ3v) is 6.62. The highest BCUT2D eigenvalue weighted by molar-refractivity contribution is 5.98. The van der Waals surface area contributed by atoms with Crippen LogP contribution in [-0.4, -0.2) is 65.5 Å². The molecule has 0 saturated carbocycles. The van der Waals surface area contributed by atoms with Gasteiger partial charge in [0.1, 0.15) is 11.8 Å². The van der Waals surface area contributed by atoms with Crippen LogP contribution >= 0.6 is 0 Å². The SMILES string of the molecule is Cc1ccc(C(=O)N2CCC3(CC2)OCC(C(=O)NCC(C)C)N3C(=O)c2ccccc2)cc1. The van der Waals surface area contributed by atoms with Gasteiger partial charge in [-0.15, -0.1) is 0 Å². The maximum absolute atomic E-state index is 13.6. The van der Waals surface area contributed by atoms with Crippen LogP contribution in [0, 0.1) is 12.8 Å². The van der Waals surface area contributed by atoms with Crippen molar-refractivity contribution in [2.45, 2.75) is 45.4 Å². The zero-order valence-electron chi connectivity index (χ0n) is 20.1. The van der Waals surface area contributed by atoms with Gasteiger partial charge in [-0.25, -0.2) is 0 Å². The summed E-state index contributed by atoms with van der Waals surface area (Å²) in [5, 5.41) is 2.96. The Morgan fingerprint density at radius 3 is 2.21 bits per heavy atom. The summed E-state index contributed by atoms with van der Waals surface area (Å²) in [5.41, 5.74) is 1.37. The van der Waals surface area contributed by atoms with Gasteiger partial charge in [0.15, 0.2) is 0 Å². The molecule has 180 valence electrons. The van der Waals surface area contributed by atoms with Crippen molar-refractivity contribution in [3.63, 3.8) is 0 Å². The number of hydrogen-bond donors (Lipinski definition) is 1. The summed E-state index contributed by atoms with van der Waals surface area (Å²) >= 11 is 0. The Kier molecular flexibility index (Phi) is 7.03. The van der Waals surface area contributed by atoms with Crippen molar-refractivity contribution in [2.24, 2.45) is 5.92 Å². The highest BCUT2D eigenvalue weighted by atomic mass is 16.5. The lowest BCUT2D eigenvalue weighted by atomic mass is 9.96. The number of nitrogens with zero attached hydrogens (tertiary/aromatic N) is 2. The largest absolute Gasteiger partial charge is 0.354 e. The molecular formula is C27H33N3O4. The summed E-state index contributed by atoms with van der Waals surface area (Å²) in [6, 6.07) is 15.8. The van der Waals surface area contributed by atoms with E-state index >= 15 is 0 Å².